The number of amides is 1. The van der Waals surface area contributed by atoms with Gasteiger partial charge >= 0.3 is 5.97 Å². The van der Waals surface area contributed by atoms with Gasteiger partial charge in [0.05, 0.1) is 16.9 Å². The maximum absolute atomic E-state index is 12.4. The molecular formula is C22H20N2O3S. The Morgan fingerprint density at radius 3 is 2.68 bits per heavy atom. The highest BCUT2D eigenvalue weighted by atomic mass is 32.1. The Labute approximate surface area is 167 Å². The number of aryl methyl sites for hydroxylation is 2. The van der Waals surface area contributed by atoms with E-state index in [9.17, 15) is 9.59 Å². The number of anilines is 2. The Morgan fingerprint density at radius 1 is 1.11 bits per heavy atom. The minimum absolute atomic E-state index is 0.0763. The van der Waals surface area contributed by atoms with Crippen molar-refractivity contribution in [3.8, 4) is 0 Å². The molecule has 1 aliphatic carbocycles. The first kappa shape index (κ1) is 18.4. The second-order valence-electron chi connectivity index (χ2n) is 6.72. The van der Waals surface area contributed by atoms with Gasteiger partial charge in [-0.2, -0.15) is 0 Å². The summed E-state index contributed by atoms with van der Waals surface area (Å²) in [5.41, 5.74) is 4.52. The van der Waals surface area contributed by atoms with Crippen molar-refractivity contribution < 1.29 is 14.3 Å². The van der Waals surface area contributed by atoms with E-state index >= 15 is 0 Å². The molecule has 1 aromatic heterocycles. The maximum atomic E-state index is 12.4. The third-order valence-corrected chi connectivity index (χ3v) is 5.62. The molecule has 6 heteroatoms. The molecule has 0 fully saturated rings. The van der Waals surface area contributed by atoms with E-state index in [0.717, 1.165) is 24.9 Å². The Morgan fingerprint density at radius 2 is 1.89 bits per heavy atom. The van der Waals surface area contributed by atoms with Crippen LogP contribution in [0.1, 0.15) is 40.5 Å². The van der Waals surface area contributed by atoms with Crippen LogP contribution < -0.4 is 4.90 Å². The van der Waals surface area contributed by atoms with Crippen molar-refractivity contribution >= 4 is 34.0 Å². The first-order chi connectivity index (χ1) is 13.6. The summed E-state index contributed by atoms with van der Waals surface area (Å²) in [5, 5.41) is 2.37. The lowest BCUT2D eigenvalue weighted by atomic mass is 10.1. The molecule has 2 aromatic carbocycles. The fourth-order valence-electron chi connectivity index (χ4n) is 3.39. The molecule has 0 saturated carbocycles. The van der Waals surface area contributed by atoms with Gasteiger partial charge in [0.2, 0.25) is 5.91 Å². The molecule has 0 aliphatic heterocycles. The maximum Gasteiger partial charge on any atom is 0.338 e. The van der Waals surface area contributed by atoms with E-state index in [4.69, 9.17) is 4.74 Å². The van der Waals surface area contributed by atoms with Crippen molar-refractivity contribution in [3.63, 3.8) is 0 Å². The van der Waals surface area contributed by atoms with Gasteiger partial charge in [0.1, 0.15) is 6.61 Å². The topological polar surface area (TPSA) is 59.5 Å². The van der Waals surface area contributed by atoms with Crippen LogP contribution in [-0.2, 0) is 29.0 Å². The number of rotatable bonds is 5. The van der Waals surface area contributed by atoms with Gasteiger partial charge in [-0.3, -0.25) is 9.69 Å². The van der Waals surface area contributed by atoms with Crippen LogP contribution >= 0.6 is 11.3 Å². The van der Waals surface area contributed by atoms with Crippen LogP contribution in [0.2, 0.25) is 0 Å². The van der Waals surface area contributed by atoms with Gasteiger partial charge in [-0.25, -0.2) is 9.78 Å². The Bertz CT molecular complexity index is 1010. The fraction of sp³-hybridized carbons (Fsp3) is 0.227. The smallest absolute Gasteiger partial charge is 0.338 e. The number of benzene rings is 2. The number of hydrogen-bond donors (Lipinski definition) is 0. The average molecular weight is 392 g/mol. The van der Waals surface area contributed by atoms with E-state index in [-0.39, 0.29) is 18.5 Å². The number of carbonyl (C=O) groups is 2. The molecule has 0 N–H and O–H groups in total. The first-order valence-corrected chi connectivity index (χ1v) is 10.1. The van der Waals surface area contributed by atoms with Gasteiger partial charge in [0.15, 0.2) is 5.13 Å². The van der Waals surface area contributed by atoms with Crippen LogP contribution in [0.4, 0.5) is 10.8 Å². The molecule has 0 unspecified atom stereocenters. The Balaban J connectivity index is 1.44. The molecule has 4 rings (SSSR count). The van der Waals surface area contributed by atoms with E-state index in [0.29, 0.717) is 16.4 Å². The summed E-state index contributed by atoms with van der Waals surface area (Å²) < 4.78 is 5.43. The van der Waals surface area contributed by atoms with Gasteiger partial charge in [0.25, 0.3) is 0 Å². The van der Waals surface area contributed by atoms with E-state index in [1.54, 1.807) is 4.90 Å². The summed E-state index contributed by atoms with van der Waals surface area (Å²) in [6.07, 6.45) is 3.25. The average Bonchev–Trinajstić information content (AvgIpc) is 3.35. The number of aromatic nitrogens is 1. The predicted octanol–water partition coefficient (Wildman–Crippen LogP) is 4.67. The van der Waals surface area contributed by atoms with Crippen molar-refractivity contribution in [1.82, 2.24) is 4.98 Å². The van der Waals surface area contributed by atoms with Crippen molar-refractivity contribution in [2.75, 3.05) is 4.90 Å². The minimum Gasteiger partial charge on any atom is -0.456 e. The van der Waals surface area contributed by atoms with Crippen LogP contribution in [0.25, 0.3) is 0 Å². The zero-order valence-electron chi connectivity index (χ0n) is 15.6. The Kier molecular flexibility index (Phi) is 5.21. The van der Waals surface area contributed by atoms with Crippen molar-refractivity contribution in [2.24, 2.45) is 0 Å². The number of esters is 1. The molecule has 3 aromatic rings. The number of ether oxygens (including phenoxy) is 1. The molecule has 0 spiro atoms. The van der Waals surface area contributed by atoms with E-state index < -0.39 is 0 Å². The normalized spacial score (nSPS) is 12.5. The molecule has 28 heavy (non-hydrogen) atoms. The number of para-hydroxylation sites is 1. The van der Waals surface area contributed by atoms with Crippen molar-refractivity contribution in [1.29, 1.82) is 0 Å². The number of nitrogens with zero attached hydrogens (tertiary/aromatic N) is 2. The standard InChI is InChI=1S/C22H20N2O3S/c1-15(25)24(20-8-3-2-4-9-20)22-23-19(14-28-22)13-27-21(26)18-11-10-16-6-5-7-17(16)12-18/h2-4,8-12,14H,5-7,13H2,1H3. The minimum atomic E-state index is -0.351. The van der Waals surface area contributed by atoms with E-state index in [1.165, 1.54) is 29.4 Å². The molecule has 1 heterocycles. The van der Waals surface area contributed by atoms with E-state index in [1.807, 2.05) is 53.9 Å². The van der Waals surface area contributed by atoms with Crippen LogP contribution in [0, 0.1) is 0 Å². The summed E-state index contributed by atoms with van der Waals surface area (Å²) in [7, 11) is 0. The fourth-order valence-corrected chi connectivity index (χ4v) is 4.26. The third kappa shape index (κ3) is 3.82. The summed E-state index contributed by atoms with van der Waals surface area (Å²) in [5.74, 6) is -0.474. The number of carbonyl (C=O) groups excluding carboxylic acids is 2. The van der Waals surface area contributed by atoms with Crippen LogP contribution in [0.15, 0.2) is 53.9 Å². The molecule has 0 radical (unpaired) electrons. The van der Waals surface area contributed by atoms with Crippen molar-refractivity contribution in [3.05, 3.63) is 76.3 Å². The zero-order chi connectivity index (χ0) is 19.5. The van der Waals surface area contributed by atoms with Crippen LogP contribution in [0.3, 0.4) is 0 Å². The number of fused-ring (bicyclic) bond motifs is 1. The summed E-state index contributed by atoms with van der Waals surface area (Å²) in [4.78, 5) is 30.5. The summed E-state index contributed by atoms with van der Waals surface area (Å²) >= 11 is 1.35. The van der Waals surface area contributed by atoms with Gasteiger partial charge in [-0.15, -0.1) is 11.3 Å². The highest BCUT2D eigenvalue weighted by Gasteiger charge is 2.19. The predicted molar refractivity (Wildman–Crippen MR) is 109 cm³/mol. The lowest BCUT2D eigenvalue weighted by molar-refractivity contribution is -0.115. The van der Waals surface area contributed by atoms with Crippen LogP contribution in [-0.4, -0.2) is 16.9 Å². The second-order valence-corrected chi connectivity index (χ2v) is 7.56. The first-order valence-electron chi connectivity index (χ1n) is 9.21. The highest BCUT2D eigenvalue weighted by Crippen LogP contribution is 2.29. The molecule has 142 valence electrons. The molecule has 5 nitrogen and oxygen atoms in total. The number of thiazole rings is 1. The van der Waals surface area contributed by atoms with Gasteiger partial charge < -0.3 is 4.74 Å². The zero-order valence-corrected chi connectivity index (χ0v) is 16.4. The molecular weight excluding hydrogens is 372 g/mol. The second kappa shape index (κ2) is 7.94. The summed E-state index contributed by atoms with van der Waals surface area (Å²) in [6.45, 7) is 1.58. The SMILES string of the molecule is CC(=O)N(c1ccccc1)c1nc(COC(=O)c2ccc3c(c2)CCC3)cs1. The molecule has 0 saturated heterocycles. The quantitative estimate of drug-likeness (QED) is 0.592. The lowest BCUT2D eigenvalue weighted by Crippen LogP contribution is -2.22. The largest absolute Gasteiger partial charge is 0.456 e. The lowest BCUT2D eigenvalue weighted by Gasteiger charge is -2.17. The third-order valence-electron chi connectivity index (χ3n) is 4.75. The molecule has 1 amide bonds. The van der Waals surface area contributed by atoms with Gasteiger partial charge in [-0.1, -0.05) is 24.3 Å². The highest BCUT2D eigenvalue weighted by molar-refractivity contribution is 7.14. The van der Waals surface area contributed by atoms with Crippen LogP contribution in [0.5, 0.6) is 0 Å². The number of hydrogen-bond acceptors (Lipinski definition) is 5. The van der Waals surface area contributed by atoms with Crippen molar-refractivity contribution in [2.45, 2.75) is 32.8 Å². The molecule has 0 bridgehead atoms. The summed E-state index contributed by atoms with van der Waals surface area (Å²) in [6, 6.07) is 15.1. The Hall–Kier alpha value is -2.99. The van der Waals surface area contributed by atoms with E-state index in [2.05, 4.69) is 4.98 Å². The van der Waals surface area contributed by atoms with Gasteiger partial charge in [-0.05, 0) is 54.7 Å². The van der Waals surface area contributed by atoms with Gasteiger partial charge in [0, 0.05) is 12.3 Å². The molecule has 1 aliphatic rings. The molecule has 0 atom stereocenters. The monoisotopic (exact) mass is 392 g/mol.